The van der Waals surface area contributed by atoms with Crippen molar-refractivity contribution in [3.63, 3.8) is 0 Å². The quantitative estimate of drug-likeness (QED) is 0.0147. The lowest BCUT2D eigenvalue weighted by molar-refractivity contribution is -0.161. The monoisotopic (exact) mass is 1080 g/mol. The Morgan fingerprint density at radius 1 is 0.500 bits per heavy atom. The first kappa shape index (κ1) is 67.5. The number of ether oxygens (including phenoxy) is 7. The molecule has 0 radical (unpaired) electrons. The van der Waals surface area contributed by atoms with Gasteiger partial charge in [0.2, 0.25) is 17.7 Å². The molecule has 76 heavy (non-hydrogen) atoms. The summed E-state index contributed by atoms with van der Waals surface area (Å²) in [7, 11) is 0. The van der Waals surface area contributed by atoms with E-state index in [1.165, 1.54) is 18.2 Å². The normalized spacial score (nSPS) is 12.4. The highest BCUT2D eigenvalue weighted by Gasteiger charge is 2.30. The van der Waals surface area contributed by atoms with Gasteiger partial charge >= 0.3 is 23.9 Å². The lowest BCUT2D eigenvalue weighted by Crippen LogP contribution is -2.44. The first-order chi connectivity index (χ1) is 35.4. The van der Waals surface area contributed by atoms with Gasteiger partial charge in [0.05, 0.1) is 33.0 Å². The SMILES string of the molecule is CC(C)(C)OC(=O)CCC(NC(=O)CCOCCNC(=O)c1cc(OCCNC(=O)CCCCCN=[N+]=[N-])cc(C(=O)NCCOCCC(=O)NC(CCC(=O)OC(C)(C)C)C(=O)OC(C)(C)C)c1)C(=O)OC(C)(C)C. The van der Waals surface area contributed by atoms with E-state index in [2.05, 4.69) is 36.6 Å². The van der Waals surface area contributed by atoms with Crippen LogP contribution in [0.4, 0.5) is 0 Å². The van der Waals surface area contributed by atoms with Crippen molar-refractivity contribution < 1.29 is 76.3 Å². The van der Waals surface area contributed by atoms with Crippen molar-refractivity contribution in [2.45, 2.75) is 182 Å². The van der Waals surface area contributed by atoms with Crippen LogP contribution in [0.5, 0.6) is 5.75 Å². The number of benzene rings is 1. The van der Waals surface area contributed by atoms with Gasteiger partial charge in [0.15, 0.2) is 0 Å². The van der Waals surface area contributed by atoms with E-state index in [4.69, 9.17) is 38.7 Å². The predicted molar refractivity (Wildman–Crippen MR) is 279 cm³/mol. The van der Waals surface area contributed by atoms with Gasteiger partial charge in [-0.25, -0.2) is 9.59 Å². The molecule has 1 aromatic carbocycles. The molecule has 0 aromatic heterocycles. The van der Waals surface area contributed by atoms with E-state index in [0.29, 0.717) is 25.8 Å². The molecule has 2 atom stereocenters. The number of nitrogens with one attached hydrogen (secondary N) is 5. The van der Waals surface area contributed by atoms with Crippen molar-refractivity contribution in [1.82, 2.24) is 26.6 Å². The van der Waals surface area contributed by atoms with E-state index in [1.54, 1.807) is 83.1 Å². The second-order valence-electron chi connectivity index (χ2n) is 21.5. The minimum atomic E-state index is -1.11. The number of carbonyl (C=O) groups is 9. The minimum Gasteiger partial charge on any atom is -0.492 e. The summed E-state index contributed by atoms with van der Waals surface area (Å²) in [5.41, 5.74) is 5.39. The van der Waals surface area contributed by atoms with Crippen LogP contribution < -0.4 is 31.3 Å². The Labute approximate surface area is 446 Å². The molecule has 2 unspecified atom stereocenters. The van der Waals surface area contributed by atoms with Crippen molar-refractivity contribution in [2.24, 2.45) is 5.11 Å². The number of rotatable bonds is 34. The Morgan fingerprint density at radius 2 is 0.921 bits per heavy atom. The molecule has 5 N–H and O–H groups in total. The molecular formula is C52H84N8O16. The van der Waals surface area contributed by atoms with Crippen LogP contribution in [0.25, 0.3) is 10.4 Å². The third-order valence-corrected chi connectivity index (χ3v) is 9.53. The molecule has 0 saturated carbocycles. The predicted octanol–water partition coefficient (Wildman–Crippen LogP) is 5.22. The molecule has 0 aliphatic carbocycles. The number of amides is 5. The van der Waals surface area contributed by atoms with Gasteiger partial charge in [0.25, 0.3) is 11.8 Å². The molecule has 0 bridgehead atoms. The molecule has 24 nitrogen and oxygen atoms in total. The number of hydrogen-bond donors (Lipinski definition) is 5. The Balaban J connectivity index is 2.90. The zero-order valence-electron chi connectivity index (χ0n) is 46.7. The van der Waals surface area contributed by atoms with Crippen LogP contribution in [-0.2, 0) is 62.0 Å². The van der Waals surface area contributed by atoms with Crippen molar-refractivity contribution in [3.05, 3.63) is 39.8 Å². The van der Waals surface area contributed by atoms with Gasteiger partial charge in [-0.1, -0.05) is 11.5 Å². The molecule has 0 aliphatic heterocycles. The third kappa shape index (κ3) is 34.9. The Bertz CT molecular complexity index is 2000. The molecule has 0 spiro atoms. The Morgan fingerprint density at radius 3 is 1.33 bits per heavy atom. The maximum Gasteiger partial charge on any atom is 0.329 e. The summed E-state index contributed by atoms with van der Waals surface area (Å²) in [5.74, 6) is -4.75. The molecule has 0 fully saturated rings. The number of unbranched alkanes of at least 4 members (excludes halogenated alkanes) is 2. The van der Waals surface area contributed by atoms with Crippen molar-refractivity contribution >= 4 is 53.4 Å². The zero-order chi connectivity index (χ0) is 57.5. The van der Waals surface area contributed by atoms with Gasteiger partial charge in [-0.2, -0.15) is 0 Å². The molecule has 0 heterocycles. The van der Waals surface area contributed by atoms with Gasteiger partial charge in [-0.15, -0.1) is 0 Å². The minimum absolute atomic E-state index is 0.00210. The summed E-state index contributed by atoms with van der Waals surface area (Å²) in [5, 5.41) is 16.8. The largest absolute Gasteiger partial charge is 0.492 e. The first-order valence-electron chi connectivity index (χ1n) is 25.6. The fraction of sp³-hybridized carbons (Fsp3) is 0.712. The molecular weight excluding hydrogens is 993 g/mol. The Kier molecular flexibility index (Phi) is 30.4. The molecule has 24 heteroatoms. The van der Waals surface area contributed by atoms with E-state index in [1.807, 2.05) is 0 Å². The van der Waals surface area contributed by atoms with Crippen LogP contribution in [0.1, 0.15) is 168 Å². The highest BCUT2D eigenvalue weighted by Crippen LogP contribution is 2.19. The molecule has 1 aromatic rings. The second kappa shape index (κ2) is 34.2. The number of nitrogens with zero attached hydrogens (tertiary/aromatic N) is 3. The number of hydrogen-bond acceptors (Lipinski definition) is 17. The van der Waals surface area contributed by atoms with E-state index in [9.17, 15) is 43.2 Å². The summed E-state index contributed by atoms with van der Waals surface area (Å²) >= 11 is 0. The molecule has 0 saturated heterocycles. The van der Waals surface area contributed by atoms with Gasteiger partial charge in [0.1, 0.15) is 46.8 Å². The maximum atomic E-state index is 13.4. The topological polar surface area (TPSA) is 327 Å². The lowest BCUT2D eigenvalue weighted by atomic mass is 10.1. The van der Waals surface area contributed by atoms with E-state index in [-0.39, 0.29) is 120 Å². The highest BCUT2D eigenvalue weighted by atomic mass is 16.6. The summed E-state index contributed by atoms with van der Waals surface area (Å²) in [6, 6.07) is 1.98. The number of azide groups is 1. The van der Waals surface area contributed by atoms with Crippen LogP contribution >= 0.6 is 0 Å². The van der Waals surface area contributed by atoms with Crippen LogP contribution in [0.15, 0.2) is 23.3 Å². The highest BCUT2D eigenvalue weighted by molar-refractivity contribution is 6.00. The van der Waals surface area contributed by atoms with Crippen LogP contribution in [0.2, 0.25) is 0 Å². The Hall–Kier alpha value is -6.52. The number of esters is 4. The summed E-state index contributed by atoms with van der Waals surface area (Å²) < 4.78 is 38.5. The molecule has 0 aliphatic rings. The average molecular weight is 1080 g/mol. The van der Waals surface area contributed by atoms with Crippen LogP contribution in [0, 0.1) is 0 Å². The molecule has 1 rings (SSSR count). The lowest BCUT2D eigenvalue weighted by Gasteiger charge is -2.25. The summed E-state index contributed by atoms with van der Waals surface area (Å²) in [6.45, 7) is 20.7. The van der Waals surface area contributed by atoms with E-state index in [0.717, 1.165) is 0 Å². The first-order valence-corrected chi connectivity index (χ1v) is 25.6. The number of carbonyl (C=O) groups excluding carboxylic acids is 9. The van der Waals surface area contributed by atoms with Crippen molar-refractivity contribution in [3.8, 4) is 5.75 Å². The van der Waals surface area contributed by atoms with Crippen LogP contribution in [-0.4, -0.2) is 147 Å². The van der Waals surface area contributed by atoms with E-state index >= 15 is 0 Å². The smallest absolute Gasteiger partial charge is 0.329 e. The van der Waals surface area contributed by atoms with Crippen molar-refractivity contribution in [1.29, 1.82) is 0 Å². The zero-order valence-corrected chi connectivity index (χ0v) is 46.7. The van der Waals surface area contributed by atoms with Gasteiger partial charge in [-0.3, -0.25) is 33.6 Å². The third-order valence-electron chi connectivity index (χ3n) is 9.53. The summed E-state index contributed by atoms with van der Waals surface area (Å²) in [4.78, 5) is 118. The average Bonchev–Trinajstić information content (AvgIpc) is 3.28. The van der Waals surface area contributed by atoms with Crippen molar-refractivity contribution in [2.75, 3.05) is 59.2 Å². The van der Waals surface area contributed by atoms with Crippen LogP contribution in [0.3, 0.4) is 0 Å². The molecule has 5 amide bonds. The van der Waals surface area contributed by atoms with E-state index < -0.39 is 82.0 Å². The standard InChI is InChI=1S/C52H84N8O16/c1-49(2,3)73-43(64)19-17-38(47(68)75-51(7,8)9)58-41(62)21-27-70-29-24-55-45(66)35-32-36(34-37(33-35)72-31-26-54-40(61)16-14-13-15-23-57-60-53)46(67)56-25-30-71-28-22-42(63)59-39(48(69)76-52(10,11)12)18-20-44(65)74-50(4,5)6/h32-34,38-39H,13-31H2,1-12H3,(H,54,61)(H,55,66)(H,56,67)(H,58,62)(H,59,63). The maximum absolute atomic E-state index is 13.4. The second-order valence-corrected chi connectivity index (χ2v) is 21.5. The van der Waals surface area contributed by atoms with Gasteiger partial charge in [0, 0.05) is 67.8 Å². The molecule has 428 valence electrons. The fourth-order valence-electron chi connectivity index (χ4n) is 6.38. The van der Waals surface area contributed by atoms with Gasteiger partial charge < -0.3 is 59.7 Å². The summed E-state index contributed by atoms with van der Waals surface area (Å²) in [6.07, 6.45) is 1.60. The van der Waals surface area contributed by atoms with Gasteiger partial charge in [-0.05, 0) is 132 Å². The fourth-order valence-corrected chi connectivity index (χ4v) is 6.38.